The number of anilines is 1. The Morgan fingerprint density at radius 1 is 1.44 bits per heavy atom. The molecule has 18 heavy (non-hydrogen) atoms. The fraction of sp³-hybridized carbons (Fsp3) is 0.462. The Bertz CT molecular complexity index is 410. The lowest BCUT2D eigenvalue weighted by Crippen LogP contribution is -2.31. The van der Waals surface area contributed by atoms with E-state index < -0.39 is 0 Å². The fourth-order valence-electron chi connectivity index (χ4n) is 1.35. The zero-order valence-corrected chi connectivity index (χ0v) is 12.9. The van der Waals surface area contributed by atoms with Crippen LogP contribution in [-0.2, 0) is 4.79 Å². The third-order valence-corrected chi connectivity index (χ3v) is 3.63. The molecule has 0 aliphatic rings. The summed E-state index contributed by atoms with van der Waals surface area (Å²) in [5.41, 5.74) is 0.866. The van der Waals surface area contributed by atoms with E-state index in [4.69, 9.17) is 11.6 Å². The molecule has 0 heterocycles. The van der Waals surface area contributed by atoms with Crippen molar-refractivity contribution in [1.82, 2.24) is 5.32 Å². The van der Waals surface area contributed by atoms with Gasteiger partial charge in [0.1, 0.15) is 0 Å². The Morgan fingerprint density at radius 3 is 2.78 bits per heavy atom. The van der Waals surface area contributed by atoms with Crippen molar-refractivity contribution in [3.05, 3.63) is 27.7 Å². The first kappa shape index (κ1) is 15.3. The molecule has 0 aromatic heterocycles. The number of rotatable bonds is 6. The maximum Gasteiger partial charge on any atom is 0.239 e. The van der Waals surface area contributed by atoms with Crippen LogP contribution in [0.15, 0.2) is 22.7 Å². The molecular formula is C13H18BrClN2O. The molecule has 1 rings (SSSR count). The summed E-state index contributed by atoms with van der Waals surface area (Å²) in [7, 11) is 0. The van der Waals surface area contributed by atoms with Crippen LogP contribution < -0.4 is 10.6 Å². The fourth-order valence-corrected chi connectivity index (χ4v) is 1.85. The smallest absolute Gasteiger partial charge is 0.239 e. The van der Waals surface area contributed by atoms with Gasteiger partial charge in [-0.05, 0) is 46.5 Å². The highest BCUT2D eigenvalue weighted by Crippen LogP contribution is 2.25. The number of hydrogen-bond acceptors (Lipinski definition) is 2. The van der Waals surface area contributed by atoms with Crippen LogP contribution in [0, 0.1) is 5.92 Å². The Morgan fingerprint density at radius 2 is 2.17 bits per heavy atom. The van der Waals surface area contributed by atoms with Gasteiger partial charge in [0, 0.05) is 16.7 Å². The van der Waals surface area contributed by atoms with Crippen LogP contribution in [0.4, 0.5) is 5.69 Å². The zero-order chi connectivity index (χ0) is 13.5. The van der Waals surface area contributed by atoms with Crippen molar-refractivity contribution in [1.29, 1.82) is 0 Å². The van der Waals surface area contributed by atoms with Crippen molar-refractivity contribution in [2.75, 3.05) is 18.4 Å². The molecule has 0 aliphatic heterocycles. The van der Waals surface area contributed by atoms with E-state index in [1.807, 2.05) is 12.1 Å². The van der Waals surface area contributed by atoms with Gasteiger partial charge in [-0.25, -0.2) is 0 Å². The van der Waals surface area contributed by atoms with Crippen LogP contribution in [0.2, 0.25) is 5.02 Å². The van der Waals surface area contributed by atoms with Crippen molar-refractivity contribution < 1.29 is 4.79 Å². The second-order valence-corrected chi connectivity index (χ2v) is 5.78. The van der Waals surface area contributed by atoms with Gasteiger partial charge in [0.05, 0.1) is 11.6 Å². The summed E-state index contributed by atoms with van der Waals surface area (Å²) >= 11 is 9.23. The molecule has 1 amide bonds. The summed E-state index contributed by atoms with van der Waals surface area (Å²) in [4.78, 5) is 11.5. The maximum absolute atomic E-state index is 11.5. The maximum atomic E-state index is 11.5. The summed E-state index contributed by atoms with van der Waals surface area (Å²) in [5.74, 6) is 0.604. The van der Waals surface area contributed by atoms with Gasteiger partial charge in [0.25, 0.3) is 0 Å². The third-order valence-electron chi connectivity index (χ3n) is 2.42. The van der Waals surface area contributed by atoms with E-state index in [0.717, 1.165) is 23.1 Å². The predicted molar refractivity (Wildman–Crippen MR) is 80.1 cm³/mol. The molecule has 1 aromatic carbocycles. The molecule has 0 bridgehead atoms. The molecular weight excluding hydrogens is 316 g/mol. The lowest BCUT2D eigenvalue weighted by atomic mass is 10.1. The first-order valence-electron chi connectivity index (χ1n) is 5.94. The van der Waals surface area contributed by atoms with Gasteiger partial charge in [0.15, 0.2) is 0 Å². The average molecular weight is 334 g/mol. The highest BCUT2D eigenvalue weighted by molar-refractivity contribution is 9.10. The molecule has 0 radical (unpaired) electrons. The number of benzene rings is 1. The molecule has 0 fully saturated rings. The average Bonchev–Trinajstić information content (AvgIpc) is 2.30. The quantitative estimate of drug-likeness (QED) is 0.834. The monoisotopic (exact) mass is 332 g/mol. The minimum Gasteiger partial charge on any atom is -0.376 e. The standard InChI is InChI=1S/C13H18BrClN2O/c1-9(2)5-6-16-13(18)8-17-10-3-4-12(15)11(14)7-10/h3-4,7,9,17H,5-6,8H2,1-2H3,(H,16,18). The Balaban J connectivity index is 2.31. The number of hydrogen-bond donors (Lipinski definition) is 2. The van der Waals surface area contributed by atoms with E-state index >= 15 is 0 Å². The van der Waals surface area contributed by atoms with E-state index in [9.17, 15) is 4.79 Å². The normalized spacial score (nSPS) is 10.5. The molecule has 100 valence electrons. The summed E-state index contributed by atoms with van der Waals surface area (Å²) in [6, 6.07) is 5.48. The van der Waals surface area contributed by atoms with Gasteiger partial charge in [-0.2, -0.15) is 0 Å². The number of nitrogens with one attached hydrogen (secondary N) is 2. The largest absolute Gasteiger partial charge is 0.376 e. The summed E-state index contributed by atoms with van der Waals surface area (Å²) in [6.45, 7) is 5.26. The highest BCUT2D eigenvalue weighted by Gasteiger charge is 2.03. The van der Waals surface area contributed by atoms with Gasteiger partial charge in [-0.1, -0.05) is 25.4 Å². The van der Waals surface area contributed by atoms with Gasteiger partial charge in [-0.15, -0.1) is 0 Å². The van der Waals surface area contributed by atoms with Crippen LogP contribution in [0.5, 0.6) is 0 Å². The molecule has 0 saturated heterocycles. The summed E-state index contributed by atoms with van der Waals surface area (Å²) < 4.78 is 0.814. The molecule has 0 spiro atoms. The van der Waals surface area contributed by atoms with Crippen molar-refractivity contribution in [2.24, 2.45) is 5.92 Å². The minimum atomic E-state index is 0.00159. The molecule has 1 aromatic rings. The van der Waals surface area contributed by atoms with Crippen molar-refractivity contribution in [2.45, 2.75) is 20.3 Å². The first-order chi connectivity index (χ1) is 8.49. The highest BCUT2D eigenvalue weighted by atomic mass is 79.9. The topological polar surface area (TPSA) is 41.1 Å². The van der Waals surface area contributed by atoms with Crippen molar-refractivity contribution >= 4 is 39.1 Å². The van der Waals surface area contributed by atoms with Crippen LogP contribution in [-0.4, -0.2) is 19.0 Å². The molecule has 0 aliphatic carbocycles. The van der Waals surface area contributed by atoms with E-state index in [1.54, 1.807) is 6.07 Å². The van der Waals surface area contributed by atoms with E-state index in [-0.39, 0.29) is 12.5 Å². The number of amides is 1. The molecule has 0 atom stereocenters. The molecule has 0 saturated carbocycles. The van der Waals surface area contributed by atoms with Gasteiger partial charge in [-0.3, -0.25) is 4.79 Å². The second-order valence-electron chi connectivity index (χ2n) is 4.51. The third kappa shape index (κ3) is 5.74. The molecule has 5 heteroatoms. The first-order valence-corrected chi connectivity index (χ1v) is 7.11. The lowest BCUT2D eigenvalue weighted by molar-refractivity contribution is -0.119. The van der Waals surface area contributed by atoms with Gasteiger partial charge < -0.3 is 10.6 Å². The minimum absolute atomic E-state index is 0.00159. The number of carbonyl (C=O) groups is 1. The SMILES string of the molecule is CC(C)CCNC(=O)CNc1ccc(Cl)c(Br)c1. The Kier molecular flexibility index (Phi) is 6.50. The Labute approximate surface area is 121 Å². The van der Waals surface area contributed by atoms with E-state index in [2.05, 4.69) is 40.4 Å². The van der Waals surface area contributed by atoms with E-state index in [0.29, 0.717) is 10.9 Å². The lowest BCUT2D eigenvalue weighted by Gasteiger charge is -2.09. The van der Waals surface area contributed by atoms with Crippen LogP contribution >= 0.6 is 27.5 Å². The second kappa shape index (κ2) is 7.64. The predicted octanol–water partition coefficient (Wildman–Crippen LogP) is 3.68. The van der Waals surface area contributed by atoms with E-state index in [1.165, 1.54) is 0 Å². The van der Waals surface area contributed by atoms with Crippen LogP contribution in [0.3, 0.4) is 0 Å². The number of halogens is 2. The number of carbonyl (C=O) groups excluding carboxylic acids is 1. The summed E-state index contributed by atoms with van der Waals surface area (Å²) in [6.07, 6.45) is 0.998. The van der Waals surface area contributed by atoms with Gasteiger partial charge in [0.2, 0.25) is 5.91 Å². The Hall–Kier alpha value is -0.740. The van der Waals surface area contributed by atoms with Crippen LogP contribution in [0.1, 0.15) is 20.3 Å². The molecule has 2 N–H and O–H groups in total. The summed E-state index contributed by atoms with van der Waals surface area (Å²) in [5, 5.41) is 6.58. The zero-order valence-electron chi connectivity index (χ0n) is 10.6. The van der Waals surface area contributed by atoms with Crippen molar-refractivity contribution in [3.63, 3.8) is 0 Å². The molecule has 3 nitrogen and oxygen atoms in total. The van der Waals surface area contributed by atoms with Crippen molar-refractivity contribution in [3.8, 4) is 0 Å². The molecule has 0 unspecified atom stereocenters. The van der Waals surface area contributed by atoms with Gasteiger partial charge >= 0.3 is 0 Å². The van der Waals surface area contributed by atoms with Crippen LogP contribution in [0.25, 0.3) is 0 Å².